The summed E-state index contributed by atoms with van der Waals surface area (Å²) in [5.74, 6) is -6.17. The normalized spacial score (nSPS) is 25.6. The van der Waals surface area contributed by atoms with Crippen LogP contribution in [0, 0.1) is 33.8 Å². The van der Waals surface area contributed by atoms with Gasteiger partial charge >= 0.3 is 0 Å². The second kappa shape index (κ2) is 13.4. The molecule has 0 aromatic heterocycles. The average Bonchev–Trinajstić information content (AvgIpc) is 3.56. The molecule has 4 aromatic carbocycles. The zero-order chi connectivity index (χ0) is 38.9. The van der Waals surface area contributed by atoms with E-state index in [0.717, 1.165) is 9.91 Å². The van der Waals surface area contributed by atoms with Gasteiger partial charge in [0.2, 0.25) is 11.8 Å². The first-order valence-electron chi connectivity index (χ1n) is 17.3. The number of fused-ring (bicyclic) bond motifs is 4. The van der Waals surface area contributed by atoms with Gasteiger partial charge in [0, 0.05) is 28.6 Å². The standard InChI is InChI=1S/C40H32Cl2N4O9/c1-54-24-10-3-20(4-11-24)40-30(37(49)45(39(40)51)43-32-15-5-21(41)17-31(32)42)19-28-26(35(40)29-18-25(55-2)12-16-33(29)47)13-14-27-34(28)38(50)44(36(27)48)22-6-8-23(9-7-22)46(52)53/h3-13,15-18,27-28,30,34-35,43,47H,14,19H2,1-2H3/t27-,28+,30-,34-,35+,40+/m0/s1. The van der Waals surface area contributed by atoms with Crippen LogP contribution in [0.4, 0.5) is 17.1 Å². The minimum atomic E-state index is -1.70. The number of allylic oxidation sites excluding steroid dienone is 2. The number of ether oxygens (including phenoxy) is 2. The van der Waals surface area contributed by atoms with E-state index in [1.807, 2.05) is 6.08 Å². The molecule has 13 nitrogen and oxygen atoms in total. The van der Waals surface area contributed by atoms with E-state index in [4.69, 9.17) is 32.7 Å². The Morgan fingerprint density at radius 1 is 0.855 bits per heavy atom. The van der Waals surface area contributed by atoms with Gasteiger partial charge in [0.15, 0.2) is 0 Å². The van der Waals surface area contributed by atoms with Crippen molar-refractivity contribution in [1.29, 1.82) is 0 Å². The van der Waals surface area contributed by atoms with Crippen LogP contribution < -0.4 is 19.8 Å². The molecular formula is C40H32Cl2N4O9. The molecule has 0 unspecified atom stereocenters. The molecule has 4 aromatic rings. The van der Waals surface area contributed by atoms with Crippen molar-refractivity contribution in [2.75, 3.05) is 24.5 Å². The summed E-state index contributed by atoms with van der Waals surface area (Å²) in [7, 11) is 2.97. The minimum Gasteiger partial charge on any atom is -0.508 e. The molecule has 0 spiro atoms. The van der Waals surface area contributed by atoms with Crippen LogP contribution in [0.3, 0.4) is 0 Å². The zero-order valence-electron chi connectivity index (χ0n) is 29.3. The molecule has 2 saturated heterocycles. The summed E-state index contributed by atoms with van der Waals surface area (Å²) >= 11 is 12.7. The molecule has 4 aliphatic rings. The lowest BCUT2D eigenvalue weighted by molar-refractivity contribution is -0.384. The first kappa shape index (κ1) is 36.1. The van der Waals surface area contributed by atoms with Crippen molar-refractivity contribution in [2.45, 2.75) is 24.2 Å². The Morgan fingerprint density at radius 2 is 1.55 bits per heavy atom. The van der Waals surface area contributed by atoms with Gasteiger partial charge in [0.1, 0.15) is 17.2 Å². The van der Waals surface area contributed by atoms with E-state index >= 15 is 4.79 Å². The van der Waals surface area contributed by atoms with Crippen molar-refractivity contribution in [2.24, 2.45) is 23.7 Å². The van der Waals surface area contributed by atoms with Gasteiger partial charge in [-0.2, -0.15) is 5.01 Å². The molecule has 0 bridgehead atoms. The van der Waals surface area contributed by atoms with Gasteiger partial charge in [-0.3, -0.25) is 39.6 Å². The summed E-state index contributed by atoms with van der Waals surface area (Å²) in [6.45, 7) is 0. The number of nitro benzene ring substituents is 1. The fraction of sp³-hybridized carbons (Fsp3) is 0.250. The van der Waals surface area contributed by atoms with Crippen LogP contribution in [-0.4, -0.2) is 52.9 Å². The number of nitrogens with zero attached hydrogens (tertiary/aromatic N) is 3. The Hall–Kier alpha value is -5.92. The number of rotatable bonds is 8. The van der Waals surface area contributed by atoms with E-state index in [1.165, 1.54) is 50.6 Å². The predicted molar refractivity (Wildman–Crippen MR) is 201 cm³/mol. The number of carbonyl (C=O) groups excluding carboxylic acids is 4. The predicted octanol–water partition coefficient (Wildman–Crippen LogP) is 6.81. The van der Waals surface area contributed by atoms with Gasteiger partial charge in [-0.1, -0.05) is 47.0 Å². The van der Waals surface area contributed by atoms with Crippen LogP contribution in [0.1, 0.15) is 29.9 Å². The maximum atomic E-state index is 15.4. The second-order valence-corrected chi connectivity index (χ2v) is 14.8. The van der Waals surface area contributed by atoms with Crippen LogP contribution in [0.25, 0.3) is 0 Å². The number of phenolic OH excluding ortho intramolecular Hbond substituents is 1. The Balaban J connectivity index is 1.33. The Kier molecular flexibility index (Phi) is 8.81. The quantitative estimate of drug-likeness (QED) is 0.0838. The molecule has 280 valence electrons. The SMILES string of the molecule is COc1ccc([C@@]23C(=O)N(Nc4ccc(Cl)cc4Cl)C(=O)[C@@H]2C[C@@H]2C(=CC[C@@H]4C(=O)N(c5ccc([N+](=O)[O-])cc5)C(=O)[C@@H]42)[C@@H]3c2cc(OC)ccc2O)cc1. The largest absolute Gasteiger partial charge is 0.508 e. The molecule has 8 rings (SSSR count). The third kappa shape index (κ3) is 5.43. The number of anilines is 2. The summed E-state index contributed by atoms with van der Waals surface area (Å²) in [6, 6.07) is 21.2. The number of aromatic hydroxyl groups is 1. The average molecular weight is 784 g/mol. The molecule has 15 heteroatoms. The number of carbonyl (C=O) groups is 4. The third-order valence-electron chi connectivity index (χ3n) is 11.4. The molecule has 2 aliphatic heterocycles. The number of nitrogens with one attached hydrogen (secondary N) is 1. The van der Waals surface area contributed by atoms with Crippen molar-refractivity contribution >= 4 is 63.9 Å². The van der Waals surface area contributed by atoms with Gasteiger partial charge in [-0.15, -0.1) is 0 Å². The lowest BCUT2D eigenvalue weighted by Crippen LogP contribution is -2.53. The monoisotopic (exact) mass is 782 g/mol. The highest BCUT2D eigenvalue weighted by molar-refractivity contribution is 6.36. The van der Waals surface area contributed by atoms with Gasteiger partial charge < -0.3 is 14.6 Å². The Labute approximate surface area is 324 Å². The van der Waals surface area contributed by atoms with E-state index in [1.54, 1.807) is 48.5 Å². The third-order valence-corrected chi connectivity index (χ3v) is 12.0. The number of hydrogen-bond donors (Lipinski definition) is 2. The fourth-order valence-corrected chi connectivity index (χ4v) is 9.51. The van der Waals surface area contributed by atoms with Crippen LogP contribution >= 0.6 is 23.2 Å². The van der Waals surface area contributed by atoms with Crippen LogP contribution in [0.2, 0.25) is 10.0 Å². The number of amides is 4. The number of imide groups is 2. The molecule has 0 radical (unpaired) electrons. The van der Waals surface area contributed by atoms with Crippen molar-refractivity contribution in [3.8, 4) is 17.2 Å². The summed E-state index contributed by atoms with van der Waals surface area (Å²) in [4.78, 5) is 70.7. The Morgan fingerprint density at radius 3 is 2.20 bits per heavy atom. The van der Waals surface area contributed by atoms with Crippen molar-refractivity contribution in [3.05, 3.63) is 128 Å². The molecule has 3 fully saturated rings. The minimum absolute atomic E-state index is 0.00944. The molecular weight excluding hydrogens is 751 g/mol. The number of hydrazine groups is 1. The smallest absolute Gasteiger partial charge is 0.269 e. The molecule has 2 heterocycles. The van der Waals surface area contributed by atoms with Crippen molar-refractivity contribution in [1.82, 2.24) is 5.01 Å². The summed E-state index contributed by atoms with van der Waals surface area (Å²) in [6.07, 6.45) is 1.97. The summed E-state index contributed by atoms with van der Waals surface area (Å²) in [5, 5.41) is 24.4. The maximum Gasteiger partial charge on any atom is 0.269 e. The molecule has 6 atom stereocenters. The maximum absolute atomic E-state index is 15.4. The molecule has 4 amide bonds. The molecule has 1 saturated carbocycles. The van der Waals surface area contributed by atoms with Crippen LogP contribution in [0.15, 0.2) is 96.6 Å². The van der Waals surface area contributed by atoms with Gasteiger partial charge in [0.05, 0.1) is 58.7 Å². The number of benzene rings is 4. The molecule has 55 heavy (non-hydrogen) atoms. The first-order chi connectivity index (χ1) is 26.4. The van der Waals surface area contributed by atoms with Gasteiger partial charge in [-0.25, -0.2) is 0 Å². The molecule has 2 aliphatic carbocycles. The highest BCUT2D eigenvalue weighted by Crippen LogP contribution is 2.65. The lowest BCUT2D eigenvalue weighted by atomic mass is 9.49. The van der Waals surface area contributed by atoms with E-state index < -0.39 is 63.6 Å². The number of halogens is 2. The number of non-ortho nitro benzene ring substituents is 1. The highest BCUT2D eigenvalue weighted by Gasteiger charge is 2.70. The number of hydrogen-bond acceptors (Lipinski definition) is 10. The van der Waals surface area contributed by atoms with Crippen LogP contribution in [-0.2, 0) is 24.6 Å². The fourth-order valence-electron chi connectivity index (χ4n) is 9.06. The Bertz CT molecular complexity index is 2330. The van der Waals surface area contributed by atoms with E-state index in [9.17, 15) is 29.6 Å². The second-order valence-electron chi connectivity index (χ2n) is 13.9. The van der Waals surface area contributed by atoms with Crippen molar-refractivity contribution < 1.29 is 38.7 Å². The van der Waals surface area contributed by atoms with Crippen molar-refractivity contribution in [3.63, 3.8) is 0 Å². The van der Waals surface area contributed by atoms with E-state index in [0.29, 0.717) is 27.7 Å². The topological polar surface area (TPSA) is 169 Å². The lowest BCUT2D eigenvalue weighted by Gasteiger charge is -2.50. The number of nitro groups is 1. The highest BCUT2D eigenvalue weighted by atomic mass is 35.5. The summed E-state index contributed by atoms with van der Waals surface area (Å²) < 4.78 is 11.0. The van der Waals surface area contributed by atoms with Gasteiger partial charge in [-0.05, 0) is 85.0 Å². The molecule has 2 N–H and O–H groups in total. The van der Waals surface area contributed by atoms with Gasteiger partial charge in [0.25, 0.3) is 17.5 Å². The van der Waals surface area contributed by atoms with E-state index in [-0.39, 0.29) is 46.2 Å². The van der Waals surface area contributed by atoms with Crippen LogP contribution in [0.5, 0.6) is 17.2 Å². The summed E-state index contributed by atoms with van der Waals surface area (Å²) in [5.41, 5.74) is 2.81. The van der Waals surface area contributed by atoms with E-state index in [2.05, 4.69) is 5.43 Å². The number of phenols is 1. The number of methoxy groups -OCH3 is 2. The zero-order valence-corrected chi connectivity index (χ0v) is 30.8. The first-order valence-corrected chi connectivity index (χ1v) is 18.1.